The summed E-state index contributed by atoms with van der Waals surface area (Å²) in [5, 5.41) is 3.38. The summed E-state index contributed by atoms with van der Waals surface area (Å²) in [7, 11) is 3.26. The van der Waals surface area contributed by atoms with Crippen molar-refractivity contribution >= 4 is 28.3 Å². The number of nitrogens with one attached hydrogen (secondary N) is 1. The molecule has 0 bridgehead atoms. The zero-order chi connectivity index (χ0) is 19.9. The maximum Gasteiger partial charge on any atom is 0.174 e. The van der Waals surface area contributed by atoms with Crippen LogP contribution >= 0.6 is 22.6 Å². The van der Waals surface area contributed by atoms with E-state index in [1.54, 1.807) is 20.3 Å². The number of rotatable bonds is 8. The van der Waals surface area contributed by atoms with Crippen molar-refractivity contribution in [2.45, 2.75) is 13.2 Å². The number of hydrogen-bond donors (Lipinski definition) is 1. The van der Waals surface area contributed by atoms with Gasteiger partial charge < -0.3 is 19.5 Å². The third kappa shape index (κ3) is 5.28. The van der Waals surface area contributed by atoms with E-state index >= 15 is 0 Å². The van der Waals surface area contributed by atoms with E-state index in [0.717, 1.165) is 26.1 Å². The van der Waals surface area contributed by atoms with Gasteiger partial charge in [-0.25, -0.2) is 4.39 Å². The van der Waals surface area contributed by atoms with Gasteiger partial charge in [-0.1, -0.05) is 12.1 Å². The summed E-state index contributed by atoms with van der Waals surface area (Å²) in [6, 6.07) is 18.1. The van der Waals surface area contributed by atoms with Crippen LogP contribution in [0.4, 0.5) is 10.1 Å². The molecule has 3 rings (SSSR count). The molecule has 3 aromatic carbocycles. The van der Waals surface area contributed by atoms with Gasteiger partial charge >= 0.3 is 0 Å². The lowest BCUT2D eigenvalue weighted by Gasteiger charge is -2.15. The number of halogens is 2. The van der Waals surface area contributed by atoms with Crippen molar-refractivity contribution in [1.29, 1.82) is 0 Å². The molecule has 0 amide bonds. The fourth-order valence-electron chi connectivity index (χ4n) is 2.71. The van der Waals surface area contributed by atoms with Gasteiger partial charge in [0.1, 0.15) is 18.2 Å². The molecule has 1 N–H and O–H groups in total. The highest BCUT2D eigenvalue weighted by Crippen LogP contribution is 2.35. The SMILES string of the molecule is COc1ccc(NCc2cc(I)c(OCc3cccc(F)c3)c(OC)c2)cc1. The summed E-state index contributed by atoms with van der Waals surface area (Å²) in [6.45, 7) is 0.913. The van der Waals surface area contributed by atoms with Gasteiger partial charge in [0, 0.05) is 12.2 Å². The normalized spacial score (nSPS) is 10.4. The minimum atomic E-state index is -0.275. The summed E-state index contributed by atoms with van der Waals surface area (Å²) in [5.74, 6) is 1.85. The summed E-state index contributed by atoms with van der Waals surface area (Å²) in [6.07, 6.45) is 0. The largest absolute Gasteiger partial charge is 0.497 e. The van der Waals surface area contributed by atoms with E-state index in [-0.39, 0.29) is 12.4 Å². The van der Waals surface area contributed by atoms with Gasteiger partial charge in [0.25, 0.3) is 0 Å². The molecule has 0 aliphatic heterocycles. The van der Waals surface area contributed by atoms with Gasteiger partial charge in [-0.05, 0) is 82.2 Å². The monoisotopic (exact) mass is 493 g/mol. The number of methoxy groups -OCH3 is 2. The third-order valence-electron chi connectivity index (χ3n) is 4.15. The number of benzene rings is 3. The summed E-state index contributed by atoms with van der Waals surface area (Å²) in [4.78, 5) is 0. The molecule has 0 unspecified atom stereocenters. The molecule has 0 aliphatic rings. The predicted molar refractivity (Wildman–Crippen MR) is 117 cm³/mol. The lowest BCUT2D eigenvalue weighted by atomic mass is 10.2. The van der Waals surface area contributed by atoms with Crippen molar-refractivity contribution in [2.24, 2.45) is 0 Å². The Morgan fingerprint density at radius 2 is 1.71 bits per heavy atom. The Kier molecular flexibility index (Phi) is 6.97. The average molecular weight is 493 g/mol. The lowest BCUT2D eigenvalue weighted by molar-refractivity contribution is 0.281. The van der Waals surface area contributed by atoms with Crippen LogP contribution in [0.25, 0.3) is 0 Å². The van der Waals surface area contributed by atoms with Crippen LogP contribution in [-0.4, -0.2) is 14.2 Å². The molecular formula is C22H21FINO3. The second-order valence-corrected chi connectivity index (χ2v) is 7.27. The molecule has 0 spiro atoms. The van der Waals surface area contributed by atoms with Gasteiger partial charge in [0.05, 0.1) is 17.8 Å². The molecule has 6 heteroatoms. The maximum atomic E-state index is 13.3. The molecular weight excluding hydrogens is 472 g/mol. The minimum Gasteiger partial charge on any atom is -0.497 e. The van der Waals surface area contributed by atoms with Crippen molar-refractivity contribution in [1.82, 2.24) is 0 Å². The molecule has 0 heterocycles. The first kappa shape index (κ1) is 20.3. The first-order valence-corrected chi connectivity index (χ1v) is 9.78. The van der Waals surface area contributed by atoms with E-state index in [9.17, 15) is 4.39 Å². The van der Waals surface area contributed by atoms with Gasteiger partial charge in [-0.3, -0.25) is 0 Å². The van der Waals surface area contributed by atoms with E-state index in [1.165, 1.54) is 12.1 Å². The molecule has 0 radical (unpaired) electrons. The molecule has 4 nitrogen and oxygen atoms in total. The Labute approximate surface area is 177 Å². The van der Waals surface area contributed by atoms with Crippen molar-refractivity contribution < 1.29 is 18.6 Å². The summed E-state index contributed by atoms with van der Waals surface area (Å²) < 4.78 is 30.9. The zero-order valence-electron chi connectivity index (χ0n) is 15.7. The maximum absolute atomic E-state index is 13.3. The zero-order valence-corrected chi connectivity index (χ0v) is 17.8. The number of ether oxygens (including phenoxy) is 3. The highest BCUT2D eigenvalue weighted by molar-refractivity contribution is 14.1. The van der Waals surface area contributed by atoms with Gasteiger partial charge in [0.2, 0.25) is 0 Å². The Morgan fingerprint density at radius 3 is 2.39 bits per heavy atom. The van der Waals surface area contributed by atoms with E-state index in [0.29, 0.717) is 18.0 Å². The van der Waals surface area contributed by atoms with Crippen molar-refractivity contribution in [3.8, 4) is 17.2 Å². The molecule has 28 heavy (non-hydrogen) atoms. The Balaban J connectivity index is 1.69. The quantitative estimate of drug-likeness (QED) is 0.413. The van der Waals surface area contributed by atoms with Crippen molar-refractivity contribution in [3.63, 3.8) is 0 Å². The van der Waals surface area contributed by atoms with Gasteiger partial charge in [-0.15, -0.1) is 0 Å². The second kappa shape index (κ2) is 9.64. The molecule has 0 aliphatic carbocycles. The van der Waals surface area contributed by atoms with Crippen molar-refractivity contribution in [3.05, 3.63) is 81.2 Å². The van der Waals surface area contributed by atoms with E-state index in [1.807, 2.05) is 42.5 Å². The molecule has 0 saturated heterocycles. The minimum absolute atomic E-state index is 0.271. The Bertz CT molecular complexity index is 932. The fourth-order valence-corrected chi connectivity index (χ4v) is 3.53. The first-order chi connectivity index (χ1) is 13.6. The topological polar surface area (TPSA) is 39.7 Å². The van der Waals surface area contributed by atoms with E-state index in [2.05, 4.69) is 27.9 Å². The molecule has 0 fully saturated rings. The second-order valence-electron chi connectivity index (χ2n) is 6.11. The highest BCUT2D eigenvalue weighted by atomic mass is 127. The van der Waals surface area contributed by atoms with Gasteiger partial charge in [0.15, 0.2) is 11.5 Å². The third-order valence-corrected chi connectivity index (χ3v) is 4.95. The molecule has 0 aromatic heterocycles. The van der Waals surface area contributed by atoms with Crippen LogP contribution in [0.2, 0.25) is 0 Å². The van der Waals surface area contributed by atoms with Crippen LogP contribution in [0.3, 0.4) is 0 Å². The van der Waals surface area contributed by atoms with Crippen LogP contribution in [0.1, 0.15) is 11.1 Å². The Morgan fingerprint density at radius 1 is 0.929 bits per heavy atom. The summed E-state index contributed by atoms with van der Waals surface area (Å²) >= 11 is 2.22. The van der Waals surface area contributed by atoms with E-state index < -0.39 is 0 Å². The van der Waals surface area contributed by atoms with Crippen LogP contribution in [0.15, 0.2) is 60.7 Å². The predicted octanol–water partition coefficient (Wildman–Crippen LogP) is 5.64. The van der Waals surface area contributed by atoms with Crippen LogP contribution in [-0.2, 0) is 13.2 Å². The molecule has 3 aromatic rings. The van der Waals surface area contributed by atoms with E-state index in [4.69, 9.17) is 14.2 Å². The first-order valence-electron chi connectivity index (χ1n) is 8.70. The average Bonchev–Trinajstić information content (AvgIpc) is 2.71. The molecule has 146 valence electrons. The lowest BCUT2D eigenvalue weighted by Crippen LogP contribution is -2.04. The standard InChI is InChI=1S/C22H21FINO3/c1-26-19-8-6-18(7-9-19)25-13-16-11-20(24)22(21(12-16)27-2)28-14-15-4-3-5-17(23)10-15/h3-12,25H,13-14H2,1-2H3. The highest BCUT2D eigenvalue weighted by Gasteiger charge is 2.12. The van der Waals surface area contributed by atoms with Crippen molar-refractivity contribution in [2.75, 3.05) is 19.5 Å². The van der Waals surface area contributed by atoms with Crippen LogP contribution in [0, 0.1) is 9.39 Å². The van der Waals surface area contributed by atoms with Gasteiger partial charge in [-0.2, -0.15) is 0 Å². The molecule has 0 atom stereocenters. The summed E-state index contributed by atoms with van der Waals surface area (Å²) in [5.41, 5.74) is 2.83. The number of hydrogen-bond acceptors (Lipinski definition) is 4. The number of anilines is 1. The van der Waals surface area contributed by atoms with Crippen LogP contribution in [0.5, 0.6) is 17.2 Å². The molecule has 0 saturated carbocycles. The van der Waals surface area contributed by atoms with Crippen LogP contribution < -0.4 is 19.5 Å². The fraction of sp³-hybridized carbons (Fsp3) is 0.182. The smallest absolute Gasteiger partial charge is 0.174 e. The Hall–Kier alpha value is -2.48.